The zero-order valence-electron chi connectivity index (χ0n) is 11.9. The minimum atomic E-state index is -0.0237. The van der Waals surface area contributed by atoms with E-state index in [1.807, 2.05) is 0 Å². The van der Waals surface area contributed by atoms with Gasteiger partial charge in [-0.15, -0.1) is 0 Å². The Balaban J connectivity index is 1.74. The molecular weight excluding hydrogens is 238 g/mol. The molecule has 0 saturated heterocycles. The summed E-state index contributed by atoms with van der Waals surface area (Å²) < 4.78 is 5.03. The first kappa shape index (κ1) is 11.7. The van der Waals surface area contributed by atoms with Crippen LogP contribution in [-0.4, -0.2) is 10.1 Å². The maximum absolute atomic E-state index is 5.63. The van der Waals surface area contributed by atoms with E-state index in [0.717, 1.165) is 23.6 Å². The highest BCUT2D eigenvalue weighted by molar-refractivity contribution is 5.20. The SMILES string of the molecule is CC(C)(c1noc(N)n1)C12CC3CC(CC(C3)C1)C2. The predicted octanol–water partition coefficient (Wildman–Crippen LogP) is 3.15. The lowest BCUT2D eigenvalue weighted by molar-refractivity contribution is -0.0943. The van der Waals surface area contributed by atoms with Crippen LogP contribution in [0.25, 0.3) is 0 Å². The number of nitrogens with two attached hydrogens (primary N) is 1. The quantitative estimate of drug-likeness (QED) is 0.888. The molecule has 0 atom stereocenters. The van der Waals surface area contributed by atoms with E-state index in [2.05, 4.69) is 24.0 Å². The van der Waals surface area contributed by atoms with E-state index in [9.17, 15) is 0 Å². The summed E-state index contributed by atoms with van der Waals surface area (Å²) in [6.45, 7) is 4.59. The fraction of sp³-hybridized carbons (Fsp3) is 0.867. The van der Waals surface area contributed by atoms with Crippen molar-refractivity contribution in [2.75, 3.05) is 5.73 Å². The van der Waals surface area contributed by atoms with Crippen molar-refractivity contribution in [1.29, 1.82) is 0 Å². The lowest BCUT2D eigenvalue weighted by Crippen LogP contribution is -2.54. The van der Waals surface area contributed by atoms with Gasteiger partial charge in [-0.2, -0.15) is 4.98 Å². The van der Waals surface area contributed by atoms with Crippen LogP contribution >= 0.6 is 0 Å². The Hall–Kier alpha value is -1.06. The molecule has 0 unspecified atom stereocenters. The fourth-order valence-corrected chi connectivity index (χ4v) is 5.60. The highest BCUT2D eigenvalue weighted by atomic mass is 16.5. The van der Waals surface area contributed by atoms with Crippen molar-refractivity contribution < 1.29 is 4.52 Å². The average molecular weight is 261 g/mol. The number of anilines is 1. The summed E-state index contributed by atoms with van der Waals surface area (Å²) >= 11 is 0. The third kappa shape index (κ3) is 1.52. The largest absolute Gasteiger partial charge is 0.351 e. The fourth-order valence-electron chi connectivity index (χ4n) is 5.60. The lowest BCUT2D eigenvalue weighted by Gasteiger charge is -2.61. The molecule has 4 aliphatic rings. The van der Waals surface area contributed by atoms with Gasteiger partial charge in [0.25, 0.3) is 0 Å². The summed E-state index contributed by atoms with van der Waals surface area (Å²) in [6, 6.07) is 0.202. The second-order valence-corrected chi connectivity index (χ2v) is 7.78. The first-order valence-corrected chi connectivity index (χ1v) is 7.58. The molecule has 4 nitrogen and oxygen atoms in total. The van der Waals surface area contributed by atoms with Crippen LogP contribution in [0.15, 0.2) is 4.52 Å². The molecule has 0 aliphatic heterocycles. The maximum Gasteiger partial charge on any atom is 0.318 e. The average Bonchev–Trinajstić information content (AvgIpc) is 2.74. The molecule has 5 rings (SSSR count). The molecule has 0 radical (unpaired) electrons. The maximum atomic E-state index is 5.63. The van der Waals surface area contributed by atoms with Crippen molar-refractivity contribution in [1.82, 2.24) is 10.1 Å². The summed E-state index contributed by atoms with van der Waals surface area (Å²) in [5, 5.41) is 4.13. The van der Waals surface area contributed by atoms with E-state index in [-0.39, 0.29) is 11.4 Å². The van der Waals surface area contributed by atoms with Crippen LogP contribution < -0.4 is 5.73 Å². The van der Waals surface area contributed by atoms with Gasteiger partial charge in [0.15, 0.2) is 5.82 Å². The monoisotopic (exact) mass is 261 g/mol. The van der Waals surface area contributed by atoms with Crippen LogP contribution in [0.1, 0.15) is 58.2 Å². The van der Waals surface area contributed by atoms with Crippen LogP contribution in [0.3, 0.4) is 0 Å². The van der Waals surface area contributed by atoms with Gasteiger partial charge in [0.2, 0.25) is 0 Å². The Morgan fingerprint density at radius 3 is 2.05 bits per heavy atom. The number of nitrogens with zero attached hydrogens (tertiary/aromatic N) is 2. The molecule has 1 heterocycles. The zero-order chi connectivity index (χ0) is 13.3. The summed E-state index contributed by atoms with van der Waals surface area (Å²) in [5.41, 5.74) is 5.98. The van der Waals surface area contributed by atoms with E-state index in [1.165, 1.54) is 38.5 Å². The standard InChI is InChI=1S/C15H23N3O/c1-14(2,12-17-13(16)19-18-12)15-6-9-3-10(7-15)5-11(4-9)8-15/h9-11H,3-8H2,1-2H3,(H2,16,17,18). The summed E-state index contributed by atoms with van der Waals surface area (Å²) in [5.74, 6) is 3.63. The summed E-state index contributed by atoms with van der Waals surface area (Å²) in [4.78, 5) is 4.34. The topological polar surface area (TPSA) is 64.9 Å². The molecule has 4 aliphatic carbocycles. The Labute approximate surface area is 114 Å². The molecule has 104 valence electrons. The van der Waals surface area contributed by atoms with Crippen LogP contribution in [-0.2, 0) is 5.41 Å². The van der Waals surface area contributed by atoms with Crippen molar-refractivity contribution in [2.24, 2.45) is 23.2 Å². The smallest absolute Gasteiger partial charge is 0.318 e. The minimum absolute atomic E-state index is 0.0237. The zero-order valence-corrected chi connectivity index (χ0v) is 11.9. The number of hydrogen-bond donors (Lipinski definition) is 1. The predicted molar refractivity (Wildman–Crippen MR) is 72.3 cm³/mol. The second-order valence-electron chi connectivity index (χ2n) is 7.78. The molecule has 0 amide bonds. The molecule has 0 aromatic carbocycles. The van der Waals surface area contributed by atoms with Crippen molar-refractivity contribution in [3.05, 3.63) is 5.82 Å². The van der Waals surface area contributed by atoms with E-state index >= 15 is 0 Å². The first-order chi connectivity index (χ1) is 8.98. The van der Waals surface area contributed by atoms with Gasteiger partial charge >= 0.3 is 6.01 Å². The number of hydrogen-bond acceptors (Lipinski definition) is 4. The molecule has 4 saturated carbocycles. The van der Waals surface area contributed by atoms with Crippen LogP contribution in [0.5, 0.6) is 0 Å². The normalized spacial score (nSPS) is 40.8. The van der Waals surface area contributed by atoms with Crippen LogP contribution in [0.2, 0.25) is 0 Å². The Morgan fingerprint density at radius 2 is 1.63 bits per heavy atom. The van der Waals surface area contributed by atoms with Gasteiger partial charge < -0.3 is 10.3 Å². The molecule has 0 spiro atoms. The van der Waals surface area contributed by atoms with Crippen molar-refractivity contribution >= 4 is 6.01 Å². The minimum Gasteiger partial charge on any atom is -0.351 e. The molecular formula is C15H23N3O. The Bertz CT molecular complexity index is 470. The van der Waals surface area contributed by atoms with Crippen molar-refractivity contribution in [2.45, 2.75) is 57.8 Å². The van der Waals surface area contributed by atoms with Gasteiger partial charge in [-0.3, -0.25) is 0 Å². The molecule has 1 aromatic rings. The molecule has 19 heavy (non-hydrogen) atoms. The van der Waals surface area contributed by atoms with E-state index in [0.29, 0.717) is 5.41 Å². The van der Waals surface area contributed by atoms with Crippen molar-refractivity contribution in [3.8, 4) is 0 Å². The van der Waals surface area contributed by atoms with Gasteiger partial charge in [0.1, 0.15) is 0 Å². The van der Waals surface area contributed by atoms with Crippen molar-refractivity contribution in [3.63, 3.8) is 0 Å². The summed E-state index contributed by atoms with van der Waals surface area (Å²) in [7, 11) is 0. The Morgan fingerprint density at radius 1 is 1.11 bits per heavy atom. The first-order valence-electron chi connectivity index (χ1n) is 7.58. The molecule has 4 fully saturated rings. The van der Waals surface area contributed by atoms with E-state index in [1.54, 1.807) is 0 Å². The third-order valence-electron chi connectivity index (χ3n) is 6.36. The number of aromatic nitrogens is 2. The van der Waals surface area contributed by atoms with Gasteiger partial charge in [0, 0.05) is 5.41 Å². The highest BCUT2D eigenvalue weighted by Gasteiger charge is 2.58. The highest BCUT2D eigenvalue weighted by Crippen LogP contribution is 2.65. The number of rotatable bonds is 2. The van der Waals surface area contributed by atoms with Crippen LogP contribution in [0, 0.1) is 23.2 Å². The van der Waals surface area contributed by atoms with Gasteiger partial charge in [-0.1, -0.05) is 19.0 Å². The molecule has 4 heteroatoms. The number of nitrogen functional groups attached to an aromatic ring is 1. The second kappa shape index (κ2) is 3.53. The third-order valence-corrected chi connectivity index (χ3v) is 6.36. The van der Waals surface area contributed by atoms with Gasteiger partial charge in [0.05, 0.1) is 0 Å². The molecule has 2 N–H and O–H groups in total. The van der Waals surface area contributed by atoms with E-state index in [4.69, 9.17) is 10.3 Å². The van der Waals surface area contributed by atoms with Gasteiger partial charge in [-0.25, -0.2) is 0 Å². The Kier molecular flexibility index (Phi) is 2.18. The van der Waals surface area contributed by atoms with E-state index < -0.39 is 0 Å². The molecule has 4 bridgehead atoms. The lowest BCUT2D eigenvalue weighted by atomic mass is 9.43. The van der Waals surface area contributed by atoms with Crippen LogP contribution in [0.4, 0.5) is 6.01 Å². The molecule has 1 aromatic heterocycles. The summed E-state index contributed by atoms with van der Waals surface area (Å²) in [6.07, 6.45) is 8.43. The van der Waals surface area contributed by atoms with Gasteiger partial charge in [-0.05, 0) is 61.7 Å².